The lowest BCUT2D eigenvalue weighted by Crippen LogP contribution is -2.31. The van der Waals surface area contributed by atoms with E-state index in [2.05, 4.69) is 0 Å². The third-order valence-corrected chi connectivity index (χ3v) is 2.02. The minimum atomic E-state index is -4.45. The van der Waals surface area contributed by atoms with Crippen LogP contribution in [-0.4, -0.2) is 30.8 Å². The Bertz CT molecular complexity index is 431. The van der Waals surface area contributed by atoms with Crippen molar-refractivity contribution in [2.75, 3.05) is 18.5 Å². The summed E-state index contributed by atoms with van der Waals surface area (Å²) in [4.78, 5) is 11.2. The molecular formula is C10H9F4NO2. The Kier molecular flexibility index (Phi) is 3.59. The van der Waals surface area contributed by atoms with Crippen LogP contribution in [0.3, 0.4) is 0 Å². The van der Waals surface area contributed by atoms with E-state index in [1.54, 1.807) is 0 Å². The Morgan fingerprint density at radius 1 is 1.41 bits per heavy atom. The molecule has 0 saturated heterocycles. The van der Waals surface area contributed by atoms with Crippen LogP contribution in [-0.2, 0) is 0 Å². The molecule has 7 heteroatoms. The summed E-state index contributed by atoms with van der Waals surface area (Å²) >= 11 is 0. The van der Waals surface area contributed by atoms with Crippen LogP contribution in [0.4, 0.5) is 23.2 Å². The van der Waals surface area contributed by atoms with Crippen molar-refractivity contribution < 1.29 is 27.5 Å². The first-order valence-electron chi connectivity index (χ1n) is 4.51. The molecule has 0 saturated carbocycles. The summed E-state index contributed by atoms with van der Waals surface area (Å²) in [5.74, 6) is -2.34. The SMILES string of the molecule is CN(CC(F)(F)F)c1ccc(C(=O)O)cc1F. The number of aromatic carboxylic acids is 1. The van der Waals surface area contributed by atoms with E-state index in [0.29, 0.717) is 11.0 Å². The zero-order valence-electron chi connectivity index (χ0n) is 8.75. The molecule has 1 rings (SSSR count). The molecule has 0 bridgehead atoms. The van der Waals surface area contributed by atoms with Crippen LogP contribution in [0.1, 0.15) is 10.4 Å². The molecule has 0 aliphatic carbocycles. The highest BCUT2D eigenvalue weighted by Crippen LogP contribution is 2.24. The van der Waals surface area contributed by atoms with E-state index in [-0.39, 0.29) is 11.3 Å². The van der Waals surface area contributed by atoms with Crippen molar-refractivity contribution in [3.63, 3.8) is 0 Å². The second-order valence-corrected chi connectivity index (χ2v) is 3.44. The maximum absolute atomic E-state index is 13.4. The van der Waals surface area contributed by atoms with Crippen LogP contribution in [0.2, 0.25) is 0 Å². The standard InChI is InChI=1S/C10H9F4NO2/c1-15(5-10(12,13)14)8-3-2-6(9(16)17)4-7(8)11/h2-4H,5H2,1H3,(H,16,17). The highest BCUT2D eigenvalue weighted by molar-refractivity contribution is 5.88. The zero-order chi connectivity index (χ0) is 13.2. The fourth-order valence-electron chi connectivity index (χ4n) is 1.30. The molecule has 1 N–H and O–H groups in total. The Morgan fingerprint density at radius 2 is 2.00 bits per heavy atom. The van der Waals surface area contributed by atoms with Crippen LogP contribution in [0.15, 0.2) is 18.2 Å². The van der Waals surface area contributed by atoms with E-state index in [4.69, 9.17) is 5.11 Å². The molecule has 0 atom stereocenters. The molecule has 1 aromatic rings. The van der Waals surface area contributed by atoms with Crippen molar-refractivity contribution in [3.8, 4) is 0 Å². The molecule has 0 unspecified atom stereocenters. The van der Waals surface area contributed by atoms with Gasteiger partial charge in [0.25, 0.3) is 0 Å². The summed E-state index contributed by atoms with van der Waals surface area (Å²) in [6.07, 6.45) is -4.45. The van der Waals surface area contributed by atoms with E-state index >= 15 is 0 Å². The molecule has 0 aliphatic rings. The maximum Gasteiger partial charge on any atom is 0.405 e. The van der Waals surface area contributed by atoms with Crippen molar-refractivity contribution in [1.82, 2.24) is 0 Å². The first-order valence-corrected chi connectivity index (χ1v) is 4.51. The Labute approximate surface area is 94.3 Å². The minimum Gasteiger partial charge on any atom is -0.478 e. The molecule has 0 heterocycles. The Morgan fingerprint density at radius 3 is 2.41 bits per heavy atom. The van der Waals surface area contributed by atoms with Gasteiger partial charge in [-0.3, -0.25) is 0 Å². The first kappa shape index (κ1) is 13.3. The molecular weight excluding hydrogens is 242 g/mol. The number of hydrogen-bond acceptors (Lipinski definition) is 2. The fraction of sp³-hybridized carbons (Fsp3) is 0.300. The van der Waals surface area contributed by atoms with Crippen molar-refractivity contribution in [3.05, 3.63) is 29.6 Å². The molecule has 17 heavy (non-hydrogen) atoms. The third-order valence-electron chi connectivity index (χ3n) is 2.02. The third kappa shape index (κ3) is 3.61. The van der Waals surface area contributed by atoms with Gasteiger partial charge in [-0.1, -0.05) is 0 Å². The van der Waals surface area contributed by atoms with Gasteiger partial charge in [0.1, 0.15) is 12.4 Å². The predicted octanol–water partition coefficient (Wildman–Crippen LogP) is 2.52. The van der Waals surface area contributed by atoms with Gasteiger partial charge in [0.15, 0.2) is 0 Å². The summed E-state index contributed by atoms with van der Waals surface area (Å²) in [5.41, 5.74) is -0.612. The highest BCUT2D eigenvalue weighted by atomic mass is 19.4. The number of carbonyl (C=O) groups is 1. The molecule has 94 valence electrons. The quantitative estimate of drug-likeness (QED) is 0.839. The van der Waals surface area contributed by atoms with Crippen LogP contribution in [0.5, 0.6) is 0 Å². The molecule has 0 aromatic heterocycles. The van der Waals surface area contributed by atoms with Crippen molar-refractivity contribution >= 4 is 11.7 Å². The van der Waals surface area contributed by atoms with Gasteiger partial charge in [-0.05, 0) is 18.2 Å². The molecule has 0 amide bonds. The number of rotatable bonds is 3. The van der Waals surface area contributed by atoms with Gasteiger partial charge in [-0.15, -0.1) is 0 Å². The number of anilines is 1. The molecule has 0 aliphatic heterocycles. The lowest BCUT2D eigenvalue weighted by molar-refractivity contribution is -0.119. The molecule has 3 nitrogen and oxygen atoms in total. The number of alkyl halides is 3. The van der Waals surface area contributed by atoms with Gasteiger partial charge in [0, 0.05) is 7.05 Å². The fourth-order valence-corrected chi connectivity index (χ4v) is 1.30. The Hall–Kier alpha value is -1.79. The average molecular weight is 251 g/mol. The topological polar surface area (TPSA) is 40.5 Å². The number of benzene rings is 1. The average Bonchev–Trinajstić information content (AvgIpc) is 2.14. The maximum atomic E-state index is 13.4. The van der Waals surface area contributed by atoms with Crippen LogP contribution >= 0.6 is 0 Å². The molecule has 0 radical (unpaired) electrons. The lowest BCUT2D eigenvalue weighted by Gasteiger charge is -2.21. The van der Waals surface area contributed by atoms with Gasteiger partial charge < -0.3 is 10.0 Å². The van der Waals surface area contributed by atoms with Gasteiger partial charge >= 0.3 is 12.1 Å². The second-order valence-electron chi connectivity index (χ2n) is 3.44. The first-order chi connectivity index (χ1) is 7.70. The number of nitrogens with zero attached hydrogens (tertiary/aromatic N) is 1. The minimum absolute atomic E-state index is 0.299. The summed E-state index contributed by atoms with van der Waals surface area (Å²) in [5, 5.41) is 8.56. The van der Waals surface area contributed by atoms with E-state index < -0.39 is 24.5 Å². The summed E-state index contributed by atoms with van der Waals surface area (Å²) in [6.45, 7) is -1.31. The van der Waals surface area contributed by atoms with Crippen LogP contribution in [0, 0.1) is 5.82 Å². The zero-order valence-corrected chi connectivity index (χ0v) is 8.75. The number of carboxylic acids is 1. The van der Waals surface area contributed by atoms with Crippen molar-refractivity contribution in [1.29, 1.82) is 0 Å². The summed E-state index contributed by atoms with van der Waals surface area (Å²) < 4.78 is 49.6. The van der Waals surface area contributed by atoms with Gasteiger partial charge in [0.05, 0.1) is 11.3 Å². The van der Waals surface area contributed by atoms with Gasteiger partial charge in [-0.2, -0.15) is 13.2 Å². The lowest BCUT2D eigenvalue weighted by atomic mass is 10.2. The summed E-state index contributed by atoms with van der Waals surface area (Å²) in [6, 6.07) is 2.74. The molecule has 1 aromatic carbocycles. The Balaban J connectivity index is 2.96. The van der Waals surface area contributed by atoms with Gasteiger partial charge in [0.2, 0.25) is 0 Å². The van der Waals surface area contributed by atoms with Crippen LogP contribution < -0.4 is 4.90 Å². The van der Waals surface area contributed by atoms with Crippen LogP contribution in [0.25, 0.3) is 0 Å². The second kappa shape index (κ2) is 4.60. The van der Waals surface area contributed by atoms with Crippen molar-refractivity contribution in [2.24, 2.45) is 0 Å². The smallest absolute Gasteiger partial charge is 0.405 e. The number of hydrogen-bond donors (Lipinski definition) is 1. The molecule has 0 spiro atoms. The number of halogens is 4. The van der Waals surface area contributed by atoms with E-state index in [1.165, 1.54) is 0 Å². The van der Waals surface area contributed by atoms with Crippen molar-refractivity contribution in [2.45, 2.75) is 6.18 Å². The highest BCUT2D eigenvalue weighted by Gasteiger charge is 2.30. The van der Waals surface area contributed by atoms with E-state index in [1.807, 2.05) is 0 Å². The summed E-state index contributed by atoms with van der Waals surface area (Å²) in [7, 11) is 1.08. The normalized spacial score (nSPS) is 11.4. The monoisotopic (exact) mass is 251 g/mol. The predicted molar refractivity (Wildman–Crippen MR) is 52.7 cm³/mol. The largest absolute Gasteiger partial charge is 0.478 e. The van der Waals surface area contributed by atoms with E-state index in [9.17, 15) is 22.4 Å². The number of carboxylic acid groups (broad SMARTS) is 1. The molecule has 0 fully saturated rings. The van der Waals surface area contributed by atoms with E-state index in [0.717, 1.165) is 19.2 Å². The van der Waals surface area contributed by atoms with Gasteiger partial charge in [-0.25, -0.2) is 9.18 Å².